The average molecular weight is 216 g/mol. The zero-order chi connectivity index (χ0) is 11.4. The topological polar surface area (TPSA) is 59.8 Å². The van der Waals surface area contributed by atoms with E-state index in [9.17, 15) is 4.79 Å². The van der Waals surface area contributed by atoms with Crippen LogP contribution < -0.4 is 5.32 Å². The van der Waals surface area contributed by atoms with E-state index in [1.165, 1.54) is 13.3 Å². The van der Waals surface area contributed by atoms with Crippen molar-refractivity contribution >= 4 is 11.6 Å². The Bertz CT molecular complexity index is 461. The summed E-state index contributed by atoms with van der Waals surface area (Å²) >= 11 is 0. The number of hydrogen-bond donors (Lipinski definition) is 1. The Morgan fingerprint density at radius 3 is 2.69 bits per heavy atom. The van der Waals surface area contributed by atoms with Gasteiger partial charge in [-0.25, -0.2) is 9.67 Å². The van der Waals surface area contributed by atoms with Crippen molar-refractivity contribution < 1.29 is 4.79 Å². The van der Waals surface area contributed by atoms with E-state index in [4.69, 9.17) is 0 Å². The van der Waals surface area contributed by atoms with Gasteiger partial charge in [0.25, 0.3) is 0 Å². The van der Waals surface area contributed by atoms with Crippen molar-refractivity contribution in [3.8, 4) is 0 Å². The van der Waals surface area contributed by atoms with Crippen LogP contribution in [-0.2, 0) is 11.3 Å². The number of aromatic nitrogens is 3. The highest BCUT2D eigenvalue weighted by Crippen LogP contribution is 2.10. The van der Waals surface area contributed by atoms with Gasteiger partial charge in [0.05, 0.1) is 6.54 Å². The van der Waals surface area contributed by atoms with Gasteiger partial charge < -0.3 is 5.32 Å². The second kappa shape index (κ2) is 4.57. The number of rotatable bonds is 3. The highest BCUT2D eigenvalue weighted by Gasteiger charge is 1.97. The maximum absolute atomic E-state index is 10.8. The third kappa shape index (κ3) is 2.66. The highest BCUT2D eigenvalue weighted by atomic mass is 16.1. The number of benzene rings is 1. The minimum absolute atomic E-state index is 0.0657. The SMILES string of the molecule is CC(=O)Nc1ccc(Cn2cncn2)cc1. The molecule has 0 saturated carbocycles. The Kier molecular flexibility index (Phi) is 2.95. The molecule has 16 heavy (non-hydrogen) atoms. The smallest absolute Gasteiger partial charge is 0.221 e. The predicted molar refractivity (Wildman–Crippen MR) is 59.9 cm³/mol. The van der Waals surface area contributed by atoms with Crippen molar-refractivity contribution in [2.75, 3.05) is 5.32 Å². The van der Waals surface area contributed by atoms with Crippen molar-refractivity contribution in [3.05, 3.63) is 42.5 Å². The molecule has 0 atom stereocenters. The number of hydrogen-bond acceptors (Lipinski definition) is 3. The van der Waals surface area contributed by atoms with Crippen molar-refractivity contribution in [2.24, 2.45) is 0 Å². The molecule has 2 aromatic rings. The molecule has 82 valence electrons. The largest absolute Gasteiger partial charge is 0.326 e. The molecule has 0 radical (unpaired) electrons. The fourth-order valence-electron chi connectivity index (χ4n) is 1.40. The van der Waals surface area contributed by atoms with Gasteiger partial charge in [0.2, 0.25) is 5.91 Å². The van der Waals surface area contributed by atoms with Crippen LogP contribution in [-0.4, -0.2) is 20.7 Å². The molecule has 5 nitrogen and oxygen atoms in total. The summed E-state index contributed by atoms with van der Waals surface area (Å²) in [5.74, 6) is -0.0657. The van der Waals surface area contributed by atoms with Crippen LogP contribution in [0.25, 0.3) is 0 Å². The molecule has 0 fully saturated rings. The van der Waals surface area contributed by atoms with Crippen LogP contribution in [0.15, 0.2) is 36.9 Å². The fraction of sp³-hybridized carbons (Fsp3) is 0.182. The lowest BCUT2D eigenvalue weighted by atomic mass is 10.2. The number of anilines is 1. The standard InChI is InChI=1S/C11H12N4O/c1-9(16)14-11-4-2-10(3-5-11)6-15-8-12-7-13-15/h2-5,7-8H,6H2,1H3,(H,14,16). The van der Waals surface area contributed by atoms with Gasteiger partial charge in [-0.3, -0.25) is 4.79 Å². The first-order chi connectivity index (χ1) is 7.74. The molecule has 5 heteroatoms. The number of nitrogens with one attached hydrogen (secondary N) is 1. The summed E-state index contributed by atoms with van der Waals surface area (Å²) in [7, 11) is 0. The Morgan fingerprint density at radius 1 is 1.38 bits per heavy atom. The summed E-state index contributed by atoms with van der Waals surface area (Å²) in [4.78, 5) is 14.7. The Hall–Kier alpha value is -2.17. The van der Waals surface area contributed by atoms with Gasteiger partial charge in [-0.2, -0.15) is 5.10 Å². The van der Waals surface area contributed by atoms with Gasteiger partial charge in [0, 0.05) is 12.6 Å². The molecule has 0 spiro atoms. The first-order valence-electron chi connectivity index (χ1n) is 4.93. The van der Waals surface area contributed by atoms with E-state index in [0.717, 1.165) is 11.3 Å². The first-order valence-corrected chi connectivity index (χ1v) is 4.93. The molecule has 0 bridgehead atoms. The lowest BCUT2D eigenvalue weighted by Gasteiger charge is -2.04. The molecule has 1 amide bonds. The van der Waals surface area contributed by atoms with Gasteiger partial charge in [0.15, 0.2) is 0 Å². The van der Waals surface area contributed by atoms with Crippen molar-refractivity contribution in [1.82, 2.24) is 14.8 Å². The van der Waals surface area contributed by atoms with Gasteiger partial charge in [-0.05, 0) is 17.7 Å². The molecular formula is C11H12N4O. The normalized spacial score (nSPS) is 10.1. The van der Waals surface area contributed by atoms with E-state index in [-0.39, 0.29) is 5.91 Å². The summed E-state index contributed by atoms with van der Waals surface area (Å²) < 4.78 is 1.74. The van der Waals surface area contributed by atoms with E-state index in [2.05, 4.69) is 15.4 Å². The Labute approximate surface area is 93.1 Å². The zero-order valence-corrected chi connectivity index (χ0v) is 8.92. The van der Waals surface area contributed by atoms with Crippen molar-refractivity contribution in [3.63, 3.8) is 0 Å². The van der Waals surface area contributed by atoms with Crippen LogP contribution in [0.2, 0.25) is 0 Å². The third-order valence-corrected chi connectivity index (χ3v) is 2.09. The van der Waals surface area contributed by atoms with E-state index in [1.54, 1.807) is 11.0 Å². The number of amides is 1. The average Bonchev–Trinajstić information content (AvgIpc) is 2.73. The van der Waals surface area contributed by atoms with Crippen LogP contribution in [0.3, 0.4) is 0 Å². The molecule has 0 unspecified atom stereocenters. The zero-order valence-electron chi connectivity index (χ0n) is 8.92. The molecule has 0 aliphatic rings. The number of nitrogens with zero attached hydrogens (tertiary/aromatic N) is 3. The maximum Gasteiger partial charge on any atom is 0.221 e. The fourth-order valence-corrected chi connectivity index (χ4v) is 1.40. The number of carbonyl (C=O) groups excluding carboxylic acids is 1. The van der Waals surface area contributed by atoms with Gasteiger partial charge >= 0.3 is 0 Å². The predicted octanol–water partition coefficient (Wildman–Crippen LogP) is 1.28. The molecular weight excluding hydrogens is 204 g/mol. The molecule has 0 aliphatic heterocycles. The molecule has 1 heterocycles. The van der Waals surface area contributed by atoms with E-state index in [1.807, 2.05) is 24.3 Å². The van der Waals surface area contributed by atoms with Crippen molar-refractivity contribution in [2.45, 2.75) is 13.5 Å². The van der Waals surface area contributed by atoms with Crippen LogP contribution >= 0.6 is 0 Å². The van der Waals surface area contributed by atoms with Crippen LogP contribution in [0.5, 0.6) is 0 Å². The summed E-state index contributed by atoms with van der Waals surface area (Å²) in [6.45, 7) is 2.17. The Balaban J connectivity index is 2.05. The van der Waals surface area contributed by atoms with E-state index < -0.39 is 0 Å². The summed E-state index contributed by atoms with van der Waals surface area (Å²) in [6.07, 6.45) is 3.17. The lowest BCUT2D eigenvalue weighted by molar-refractivity contribution is -0.114. The minimum atomic E-state index is -0.0657. The third-order valence-electron chi connectivity index (χ3n) is 2.09. The molecule has 1 N–H and O–H groups in total. The van der Waals surface area contributed by atoms with E-state index in [0.29, 0.717) is 6.54 Å². The van der Waals surface area contributed by atoms with Gasteiger partial charge in [-0.1, -0.05) is 12.1 Å². The molecule has 1 aromatic carbocycles. The maximum atomic E-state index is 10.8. The second-order valence-corrected chi connectivity index (χ2v) is 3.47. The number of carbonyl (C=O) groups is 1. The highest BCUT2D eigenvalue weighted by molar-refractivity contribution is 5.88. The van der Waals surface area contributed by atoms with E-state index >= 15 is 0 Å². The monoisotopic (exact) mass is 216 g/mol. The van der Waals surface area contributed by atoms with Crippen LogP contribution in [0.1, 0.15) is 12.5 Å². The molecule has 2 rings (SSSR count). The Morgan fingerprint density at radius 2 is 2.12 bits per heavy atom. The second-order valence-electron chi connectivity index (χ2n) is 3.47. The lowest BCUT2D eigenvalue weighted by Crippen LogP contribution is -2.06. The van der Waals surface area contributed by atoms with Gasteiger partial charge in [-0.15, -0.1) is 0 Å². The molecule has 1 aromatic heterocycles. The molecule has 0 saturated heterocycles. The minimum Gasteiger partial charge on any atom is -0.326 e. The van der Waals surface area contributed by atoms with Gasteiger partial charge in [0.1, 0.15) is 12.7 Å². The first kappa shape index (κ1) is 10.4. The summed E-state index contributed by atoms with van der Waals surface area (Å²) in [5.41, 5.74) is 1.91. The summed E-state index contributed by atoms with van der Waals surface area (Å²) in [5, 5.41) is 6.74. The van der Waals surface area contributed by atoms with Crippen LogP contribution in [0.4, 0.5) is 5.69 Å². The summed E-state index contributed by atoms with van der Waals surface area (Å²) in [6, 6.07) is 7.64. The molecule has 0 aliphatic carbocycles. The van der Waals surface area contributed by atoms with Crippen LogP contribution in [0, 0.1) is 0 Å². The van der Waals surface area contributed by atoms with Crippen molar-refractivity contribution in [1.29, 1.82) is 0 Å². The quantitative estimate of drug-likeness (QED) is 0.840.